The quantitative estimate of drug-likeness (QED) is 0.777. The van der Waals surface area contributed by atoms with Gasteiger partial charge in [0.25, 0.3) is 0 Å². The highest BCUT2D eigenvalue weighted by atomic mass is 127. The fourth-order valence-electron chi connectivity index (χ4n) is 1.78. The summed E-state index contributed by atoms with van der Waals surface area (Å²) in [4.78, 5) is 0. The van der Waals surface area contributed by atoms with Gasteiger partial charge in [-0.25, -0.2) is 0 Å². The van der Waals surface area contributed by atoms with Crippen LogP contribution in [0.5, 0.6) is 0 Å². The lowest BCUT2D eigenvalue weighted by molar-refractivity contribution is 0.573. The molecule has 15 heavy (non-hydrogen) atoms. The second kappa shape index (κ2) is 5.15. The zero-order valence-corrected chi connectivity index (χ0v) is 12.3. The van der Waals surface area contributed by atoms with E-state index in [0.717, 1.165) is 16.8 Å². The van der Waals surface area contributed by atoms with Gasteiger partial charge in [0, 0.05) is 14.1 Å². The van der Waals surface area contributed by atoms with Crippen LogP contribution >= 0.6 is 38.5 Å². The zero-order chi connectivity index (χ0) is 10.8. The summed E-state index contributed by atoms with van der Waals surface area (Å²) in [5.74, 6) is 0.973. The molecule has 3 heteroatoms. The standard InChI is InChI=1S/C12H15BrIN/c13-9-4-5-11(14)10(7-9)12(15)6-3-8-1-2-8/h4-5,7-8,12H,1-3,6,15H2. The molecule has 1 nitrogen and oxygen atoms in total. The molecule has 82 valence electrons. The van der Waals surface area contributed by atoms with Gasteiger partial charge in [0.2, 0.25) is 0 Å². The summed E-state index contributed by atoms with van der Waals surface area (Å²) < 4.78 is 2.40. The Morgan fingerprint density at radius 1 is 1.47 bits per heavy atom. The molecule has 0 heterocycles. The maximum absolute atomic E-state index is 6.22. The van der Waals surface area contributed by atoms with Crippen LogP contribution in [0.3, 0.4) is 0 Å². The van der Waals surface area contributed by atoms with Crippen LogP contribution in [0.1, 0.15) is 37.3 Å². The number of hydrogen-bond acceptors (Lipinski definition) is 1. The van der Waals surface area contributed by atoms with E-state index in [-0.39, 0.29) is 6.04 Å². The molecule has 1 aliphatic rings. The third kappa shape index (κ3) is 3.43. The van der Waals surface area contributed by atoms with Gasteiger partial charge in [-0.2, -0.15) is 0 Å². The first kappa shape index (κ1) is 11.9. The van der Waals surface area contributed by atoms with Crippen LogP contribution in [0.25, 0.3) is 0 Å². The molecule has 1 atom stereocenters. The van der Waals surface area contributed by atoms with E-state index < -0.39 is 0 Å². The van der Waals surface area contributed by atoms with Gasteiger partial charge in [-0.3, -0.25) is 0 Å². The van der Waals surface area contributed by atoms with Crippen LogP contribution in [0, 0.1) is 9.49 Å². The molecular weight excluding hydrogens is 365 g/mol. The Kier molecular flexibility index (Phi) is 4.07. The normalized spacial score (nSPS) is 17.8. The van der Waals surface area contributed by atoms with Crippen molar-refractivity contribution in [3.05, 3.63) is 31.8 Å². The molecule has 1 unspecified atom stereocenters. The number of hydrogen-bond donors (Lipinski definition) is 1. The third-order valence-electron chi connectivity index (χ3n) is 2.94. The Bertz CT molecular complexity index is 349. The molecular formula is C12H15BrIN. The smallest absolute Gasteiger partial charge is 0.0305 e. The number of nitrogens with two attached hydrogens (primary N) is 1. The van der Waals surface area contributed by atoms with Crippen molar-refractivity contribution in [1.29, 1.82) is 0 Å². The SMILES string of the molecule is NC(CCC1CC1)c1cc(Br)ccc1I. The van der Waals surface area contributed by atoms with Gasteiger partial charge in [0.1, 0.15) is 0 Å². The molecule has 0 bridgehead atoms. The highest BCUT2D eigenvalue weighted by molar-refractivity contribution is 14.1. The minimum Gasteiger partial charge on any atom is -0.324 e. The summed E-state index contributed by atoms with van der Waals surface area (Å²) in [6.45, 7) is 0. The highest BCUT2D eigenvalue weighted by Gasteiger charge is 2.22. The highest BCUT2D eigenvalue weighted by Crippen LogP contribution is 2.36. The molecule has 0 spiro atoms. The number of halogens is 2. The number of rotatable bonds is 4. The van der Waals surface area contributed by atoms with Gasteiger partial charge in [-0.15, -0.1) is 0 Å². The van der Waals surface area contributed by atoms with E-state index in [1.54, 1.807) is 0 Å². The van der Waals surface area contributed by atoms with Crippen LogP contribution in [-0.4, -0.2) is 0 Å². The fraction of sp³-hybridized carbons (Fsp3) is 0.500. The summed E-state index contributed by atoms with van der Waals surface area (Å²) in [7, 11) is 0. The van der Waals surface area contributed by atoms with E-state index in [0.29, 0.717) is 0 Å². The van der Waals surface area contributed by atoms with Gasteiger partial charge in [-0.05, 0) is 65.1 Å². The summed E-state index contributed by atoms with van der Waals surface area (Å²) in [6, 6.07) is 6.55. The van der Waals surface area contributed by atoms with E-state index in [9.17, 15) is 0 Å². The Labute approximate surface area is 113 Å². The first-order valence-electron chi connectivity index (χ1n) is 5.37. The van der Waals surface area contributed by atoms with Crippen LogP contribution in [0.2, 0.25) is 0 Å². The van der Waals surface area contributed by atoms with E-state index >= 15 is 0 Å². The lowest BCUT2D eigenvalue weighted by atomic mass is 10.0. The molecule has 1 aromatic rings. The lowest BCUT2D eigenvalue weighted by Crippen LogP contribution is -2.12. The second-order valence-corrected chi connectivity index (χ2v) is 6.37. The van der Waals surface area contributed by atoms with Gasteiger partial charge < -0.3 is 5.73 Å². The number of benzene rings is 1. The van der Waals surface area contributed by atoms with Crippen LogP contribution in [0.15, 0.2) is 22.7 Å². The zero-order valence-electron chi connectivity index (χ0n) is 8.55. The van der Waals surface area contributed by atoms with Crippen LogP contribution in [0.4, 0.5) is 0 Å². The Balaban J connectivity index is 2.02. The predicted octanol–water partition coefficient (Wildman–Crippen LogP) is 4.24. The van der Waals surface area contributed by atoms with Gasteiger partial charge in [0.05, 0.1) is 0 Å². The monoisotopic (exact) mass is 379 g/mol. The van der Waals surface area contributed by atoms with Crippen molar-refractivity contribution in [3.8, 4) is 0 Å². The Hall–Kier alpha value is 0.390. The van der Waals surface area contributed by atoms with Crippen molar-refractivity contribution < 1.29 is 0 Å². The Morgan fingerprint density at radius 3 is 2.87 bits per heavy atom. The van der Waals surface area contributed by atoms with E-state index in [4.69, 9.17) is 5.73 Å². The van der Waals surface area contributed by atoms with Crippen molar-refractivity contribution in [2.45, 2.75) is 31.7 Å². The third-order valence-corrected chi connectivity index (χ3v) is 4.42. The maximum atomic E-state index is 6.22. The summed E-state index contributed by atoms with van der Waals surface area (Å²) in [5.41, 5.74) is 7.50. The van der Waals surface area contributed by atoms with Gasteiger partial charge >= 0.3 is 0 Å². The molecule has 1 fully saturated rings. The van der Waals surface area contributed by atoms with Gasteiger partial charge in [-0.1, -0.05) is 28.8 Å². The van der Waals surface area contributed by atoms with E-state index in [2.05, 4.69) is 56.7 Å². The van der Waals surface area contributed by atoms with Crippen molar-refractivity contribution in [1.82, 2.24) is 0 Å². The molecule has 0 amide bonds. The molecule has 0 saturated heterocycles. The molecule has 0 aromatic heterocycles. The first-order chi connectivity index (χ1) is 7.16. The van der Waals surface area contributed by atoms with Crippen LogP contribution in [-0.2, 0) is 0 Å². The molecule has 2 rings (SSSR count). The van der Waals surface area contributed by atoms with E-state index in [1.165, 1.54) is 28.4 Å². The molecule has 1 saturated carbocycles. The van der Waals surface area contributed by atoms with Gasteiger partial charge in [0.15, 0.2) is 0 Å². The van der Waals surface area contributed by atoms with Crippen molar-refractivity contribution in [2.24, 2.45) is 11.7 Å². The lowest BCUT2D eigenvalue weighted by Gasteiger charge is -2.14. The maximum Gasteiger partial charge on any atom is 0.0305 e. The first-order valence-corrected chi connectivity index (χ1v) is 7.24. The molecule has 0 aliphatic heterocycles. The molecule has 2 N–H and O–H groups in total. The van der Waals surface area contributed by atoms with E-state index in [1.807, 2.05) is 0 Å². The van der Waals surface area contributed by atoms with Crippen molar-refractivity contribution >= 4 is 38.5 Å². The second-order valence-electron chi connectivity index (χ2n) is 4.29. The molecule has 1 aromatic carbocycles. The molecule has 1 aliphatic carbocycles. The fourth-order valence-corrected chi connectivity index (χ4v) is 2.89. The average molecular weight is 380 g/mol. The van der Waals surface area contributed by atoms with Crippen LogP contribution < -0.4 is 5.73 Å². The summed E-state index contributed by atoms with van der Waals surface area (Å²) >= 11 is 5.86. The summed E-state index contributed by atoms with van der Waals surface area (Å²) in [5, 5.41) is 0. The topological polar surface area (TPSA) is 26.0 Å². The summed E-state index contributed by atoms with van der Waals surface area (Å²) in [6.07, 6.45) is 5.26. The molecule has 0 radical (unpaired) electrons. The minimum absolute atomic E-state index is 0.204. The predicted molar refractivity (Wildman–Crippen MR) is 75.7 cm³/mol. The van der Waals surface area contributed by atoms with Crippen molar-refractivity contribution in [2.75, 3.05) is 0 Å². The van der Waals surface area contributed by atoms with Crippen molar-refractivity contribution in [3.63, 3.8) is 0 Å². The average Bonchev–Trinajstić information content (AvgIpc) is 3.02. The largest absolute Gasteiger partial charge is 0.324 e. The Morgan fingerprint density at radius 2 is 2.20 bits per heavy atom. The minimum atomic E-state index is 0.204.